The Morgan fingerprint density at radius 3 is 2.06 bits per heavy atom. The van der Waals surface area contributed by atoms with E-state index >= 15 is 0 Å². The summed E-state index contributed by atoms with van der Waals surface area (Å²) in [6.45, 7) is 15.1. The summed E-state index contributed by atoms with van der Waals surface area (Å²) in [5.41, 5.74) is 3.33. The Morgan fingerprint density at radius 1 is 1.06 bits per heavy atom. The summed E-state index contributed by atoms with van der Waals surface area (Å²) in [7, 11) is 0. The summed E-state index contributed by atoms with van der Waals surface area (Å²) >= 11 is 0. The largest absolute Gasteiger partial charge is 1.00 e. The van der Waals surface area contributed by atoms with Crippen LogP contribution in [0.5, 0.6) is 0 Å². The van der Waals surface area contributed by atoms with E-state index < -0.39 is 0 Å². The molecular formula is C15H27Rb. The number of hydrogen-bond donors (Lipinski definition) is 0. The van der Waals surface area contributed by atoms with Gasteiger partial charge in [-0.15, -0.1) is 5.57 Å². The van der Waals surface area contributed by atoms with Crippen molar-refractivity contribution in [2.24, 2.45) is 5.41 Å². The Morgan fingerprint density at radius 2 is 1.62 bits per heavy atom. The van der Waals surface area contributed by atoms with Gasteiger partial charge in [-0.2, -0.15) is 6.42 Å². The van der Waals surface area contributed by atoms with Crippen molar-refractivity contribution >= 4 is 0 Å². The summed E-state index contributed by atoms with van der Waals surface area (Å²) in [5.74, 6) is 0. The van der Waals surface area contributed by atoms with Gasteiger partial charge in [0.2, 0.25) is 0 Å². The smallest absolute Gasteiger partial charge is 0.339 e. The molecule has 0 atom stereocenters. The van der Waals surface area contributed by atoms with Gasteiger partial charge >= 0.3 is 58.2 Å². The van der Waals surface area contributed by atoms with Crippen molar-refractivity contribution in [3.8, 4) is 0 Å². The first-order valence-corrected chi connectivity index (χ1v) is 5.95. The minimum Gasteiger partial charge on any atom is -0.339 e. The van der Waals surface area contributed by atoms with Gasteiger partial charge in [0.25, 0.3) is 0 Å². The zero-order valence-electron chi connectivity index (χ0n) is 12.2. The Hall–Kier alpha value is 1.29. The van der Waals surface area contributed by atoms with E-state index in [9.17, 15) is 0 Å². The predicted molar refractivity (Wildman–Crippen MR) is 70.8 cm³/mol. The van der Waals surface area contributed by atoms with Crippen LogP contribution in [0.3, 0.4) is 0 Å². The van der Waals surface area contributed by atoms with Crippen LogP contribution in [0.4, 0.5) is 0 Å². The Kier molecular flexibility index (Phi) is 12.5. The molecule has 16 heavy (non-hydrogen) atoms. The van der Waals surface area contributed by atoms with E-state index in [1.165, 1.54) is 24.0 Å². The molecule has 88 valence electrons. The van der Waals surface area contributed by atoms with Gasteiger partial charge in [0.1, 0.15) is 0 Å². The number of hydrogen-bond acceptors (Lipinski definition) is 0. The molecule has 0 unspecified atom stereocenters. The number of rotatable bonds is 5. The molecule has 0 aromatic heterocycles. The zero-order chi connectivity index (χ0) is 11.9. The van der Waals surface area contributed by atoms with Crippen molar-refractivity contribution < 1.29 is 58.2 Å². The summed E-state index contributed by atoms with van der Waals surface area (Å²) in [6, 6.07) is 0. The molecule has 0 saturated carbocycles. The van der Waals surface area contributed by atoms with Crippen LogP contribution in [0.1, 0.15) is 60.3 Å². The first-order valence-electron chi connectivity index (χ1n) is 5.95. The van der Waals surface area contributed by atoms with Crippen LogP contribution >= 0.6 is 0 Å². The molecule has 0 nitrogen and oxygen atoms in total. The van der Waals surface area contributed by atoms with Gasteiger partial charge in [-0.05, 0) is 38.5 Å². The standard InChI is InChI=1S/C15H27.Rb/c1-7-13(2)9-8-10-14(3)11-12-15(4,5)6;/h9,11H,1,7-8,10,12H2,2-6H3;/q-1;+1. The molecule has 0 spiro atoms. The molecule has 0 rings (SSSR count). The fraction of sp³-hybridized carbons (Fsp3) is 0.667. The summed E-state index contributed by atoms with van der Waals surface area (Å²) in [4.78, 5) is 0. The van der Waals surface area contributed by atoms with Gasteiger partial charge in [0.15, 0.2) is 0 Å². The first kappa shape index (κ1) is 19.6. The molecule has 0 fully saturated rings. The second kappa shape index (κ2) is 10.2. The topological polar surface area (TPSA) is 0 Å². The SMILES string of the molecule is [CH2-]CC(C)=CCCC(C)=CCC(C)(C)C.[Rb+]. The average Bonchev–Trinajstić information content (AvgIpc) is 2.13. The molecule has 0 aromatic rings. The molecule has 0 N–H and O–H groups in total. The third-order valence-electron chi connectivity index (χ3n) is 2.49. The molecule has 0 heterocycles. The molecule has 0 radical (unpaired) electrons. The van der Waals surface area contributed by atoms with Gasteiger partial charge < -0.3 is 6.92 Å². The van der Waals surface area contributed by atoms with Crippen molar-refractivity contribution in [3.05, 3.63) is 30.2 Å². The molecule has 0 aliphatic carbocycles. The van der Waals surface area contributed by atoms with Crippen LogP contribution in [-0.2, 0) is 0 Å². The first-order chi connectivity index (χ1) is 6.85. The van der Waals surface area contributed by atoms with Crippen molar-refractivity contribution in [1.82, 2.24) is 0 Å². The van der Waals surface area contributed by atoms with Crippen LogP contribution in [0.25, 0.3) is 0 Å². The van der Waals surface area contributed by atoms with Crippen molar-refractivity contribution in [2.75, 3.05) is 0 Å². The third kappa shape index (κ3) is 13.4. The fourth-order valence-electron chi connectivity index (χ4n) is 1.23. The van der Waals surface area contributed by atoms with E-state index in [-0.39, 0.29) is 58.2 Å². The Labute approximate surface area is 152 Å². The fourth-order valence-corrected chi connectivity index (χ4v) is 1.23. The monoisotopic (exact) mass is 292 g/mol. The van der Waals surface area contributed by atoms with Crippen LogP contribution < -0.4 is 58.2 Å². The molecule has 0 amide bonds. The predicted octanol–water partition coefficient (Wildman–Crippen LogP) is 2.32. The number of allylic oxidation sites excluding steroid dienone is 4. The molecule has 1 heteroatoms. The van der Waals surface area contributed by atoms with Gasteiger partial charge in [-0.3, -0.25) is 0 Å². The molecule has 0 aromatic carbocycles. The van der Waals surface area contributed by atoms with Crippen molar-refractivity contribution in [1.29, 1.82) is 0 Å². The Balaban J connectivity index is 0. The van der Waals surface area contributed by atoms with Gasteiger partial charge in [-0.25, -0.2) is 0 Å². The normalized spacial score (nSPS) is 13.6. The maximum absolute atomic E-state index is 3.87. The van der Waals surface area contributed by atoms with Crippen LogP contribution in [0, 0.1) is 12.3 Å². The molecule has 0 aliphatic rings. The minimum absolute atomic E-state index is 0. The molecule has 0 bridgehead atoms. The molecular weight excluding hydrogens is 266 g/mol. The van der Waals surface area contributed by atoms with Crippen molar-refractivity contribution in [2.45, 2.75) is 60.3 Å². The summed E-state index contributed by atoms with van der Waals surface area (Å²) in [6.07, 6.45) is 9.15. The zero-order valence-corrected chi connectivity index (χ0v) is 17.1. The quantitative estimate of drug-likeness (QED) is 0.539. The van der Waals surface area contributed by atoms with Gasteiger partial charge in [-0.1, -0.05) is 38.5 Å². The average molecular weight is 293 g/mol. The second-order valence-electron chi connectivity index (χ2n) is 5.65. The minimum atomic E-state index is 0. The second-order valence-corrected chi connectivity index (χ2v) is 5.65. The van der Waals surface area contributed by atoms with Crippen LogP contribution in [0.15, 0.2) is 23.3 Å². The van der Waals surface area contributed by atoms with E-state index in [2.05, 4.69) is 53.7 Å². The van der Waals surface area contributed by atoms with E-state index in [0.717, 1.165) is 12.8 Å². The van der Waals surface area contributed by atoms with Crippen LogP contribution in [0.2, 0.25) is 0 Å². The summed E-state index contributed by atoms with van der Waals surface area (Å²) < 4.78 is 0. The van der Waals surface area contributed by atoms with Gasteiger partial charge in [0.05, 0.1) is 0 Å². The Bertz CT molecular complexity index is 228. The van der Waals surface area contributed by atoms with Crippen LogP contribution in [-0.4, -0.2) is 0 Å². The maximum Gasteiger partial charge on any atom is 1.00 e. The van der Waals surface area contributed by atoms with E-state index in [0.29, 0.717) is 5.41 Å². The van der Waals surface area contributed by atoms with E-state index in [4.69, 9.17) is 0 Å². The third-order valence-corrected chi connectivity index (χ3v) is 2.49. The van der Waals surface area contributed by atoms with Crippen molar-refractivity contribution in [3.63, 3.8) is 0 Å². The summed E-state index contributed by atoms with van der Waals surface area (Å²) in [5, 5.41) is 0. The molecule has 0 saturated heterocycles. The molecule has 0 aliphatic heterocycles. The maximum atomic E-state index is 3.87. The van der Waals surface area contributed by atoms with E-state index in [1.807, 2.05) is 0 Å². The van der Waals surface area contributed by atoms with Gasteiger partial charge in [0, 0.05) is 0 Å². The van der Waals surface area contributed by atoms with E-state index in [1.54, 1.807) is 0 Å².